The van der Waals surface area contributed by atoms with Gasteiger partial charge in [-0.3, -0.25) is 0 Å². The zero-order chi connectivity index (χ0) is 12.9. The first kappa shape index (κ1) is 12.2. The van der Waals surface area contributed by atoms with Crippen LogP contribution < -0.4 is 0 Å². The number of hydrogen-bond donors (Lipinski definition) is 0. The molecule has 1 aromatic carbocycles. The van der Waals surface area contributed by atoms with Crippen molar-refractivity contribution in [2.75, 3.05) is 0 Å². The fraction of sp³-hybridized carbons (Fsp3) is 0.529. The summed E-state index contributed by atoms with van der Waals surface area (Å²) in [5.41, 5.74) is 7.53. The lowest BCUT2D eigenvalue weighted by Gasteiger charge is -2.32. The maximum Gasteiger partial charge on any atom is 0.0500 e. The van der Waals surface area contributed by atoms with Crippen LogP contribution in [0.25, 0.3) is 6.08 Å². The Morgan fingerprint density at radius 2 is 1.89 bits per heavy atom. The standard InChI is InChI=1S/C17H24Si/c1-12-11-14-13(16(12)18-9-6-10-18)7-5-8-15(14)17(2,3)4/h5,7-8,11,16,18H,6,9-10H2,1-4H3. The summed E-state index contributed by atoms with van der Waals surface area (Å²) in [5, 5.41) is 0. The topological polar surface area (TPSA) is 0 Å². The van der Waals surface area contributed by atoms with Crippen LogP contribution >= 0.6 is 0 Å². The fourth-order valence-electron chi connectivity index (χ4n) is 3.63. The van der Waals surface area contributed by atoms with Crippen molar-refractivity contribution in [3.05, 3.63) is 40.5 Å². The van der Waals surface area contributed by atoms with Crippen LogP contribution in [0.1, 0.15) is 56.3 Å². The molecule has 1 aromatic rings. The third-order valence-corrected chi connectivity index (χ3v) is 8.89. The molecule has 0 amide bonds. The lowest BCUT2D eigenvalue weighted by Crippen LogP contribution is -2.30. The second kappa shape index (κ2) is 4.09. The van der Waals surface area contributed by atoms with Crippen molar-refractivity contribution in [2.24, 2.45) is 0 Å². The second-order valence-electron chi connectivity index (χ2n) is 7.12. The number of rotatable bonds is 1. The Labute approximate surface area is 113 Å². The van der Waals surface area contributed by atoms with Gasteiger partial charge in [-0.05, 0) is 34.6 Å². The van der Waals surface area contributed by atoms with Gasteiger partial charge in [0, 0.05) is 0 Å². The minimum Gasteiger partial charge on any atom is -0.0682 e. The summed E-state index contributed by atoms with van der Waals surface area (Å²) < 4.78 is 0. The molecule has 0 N–H and O–H groups in total. The van der Waals surface area contributed by atoms with Gasteiger partial charge in [-0.2, -0.15) is 0 Å². The van der Waals surface area contributed by atoms with E-state index in [4.69, 9.17) is 0 Å². The third kappa shape index (κ3) is 1.80. The monoisotopic (exact) mass is 256 g/mol. The average molecular weight is 256 g/mol. The average Bonchev–Trinajstić information content (AvgIpc) is 2.52. The first-order chi connectivity index (χ1) is 8.48. The van der Waals surface area contributed by atoms with E-state index in [1.54, 1.807) is 28.8 Å². The molecular formula is C17H24Si. The lowest BCUT2D eigenvalue weighted by atomic mass is 9.83. The Bertz CT molecular complexity index is 501. The summed E-state index contributed by atoms with van der Waals surface area (Å²) in [4.78, 5) is 0. The third-order valence-electron chi connectivity index (χ3n) is 4.77. The van der Waals surface area contributed by atoms with E-state index in [1.807, 2.05) is 0 Å². The Balaban J connectivity index is 2.09. The van der Waals surface area contributed by atoms with E-state index in [2.05, 4.69) is 52.0 Å². The summed E-state index contributed by atoms with van der Waals surface area (Å²) in [5.74, 6) is 0. The molecule has 0 radical (unpaired) electrons. The van der Waals surface area contributed by atoms with E-state index in [9.17, 15) is 0 Å². The van der Waals surface area contributed by atoms with Gasteiger partial charge in [-0.15, -0.1) is 0 Å². The Hall–Kier alpha value is -0.823. The van der Waals surface area contributed by atoms with Crippen LogP contribution in [0.15, 0.2) is 23.8 Å². The van der Waals surface area contributed by atoms with Gasteiger partial charge >= 0.3 is 0 Å². The molecule has 3 rings (SSSR count). The summed E-state index contributed by atoms with van der Waals surface area (Å²) in [6.07, 6.45) is 3.99. The highest BCUT2D eigenvalue weighted by Gasteiger charge is 2.36. The second-order valence-corrected chi connectivity index (χ2v) is 10.5. The molecule has 96 valence electrons. The van der Waals surface area contributed by atoms with Crippen molar-refractivity contribution in [1.29, 1.82) is 0 Å². The van der Waals surface area contributed by atoms with Gasteiger partial charge in [0.1, 0.15) is 0 Å². The summed E-state index contributed by atoms with van der Waals surface area (Å²) >= 11 is 0. The van der Waals surface area contributed by atoms with E-state index in [0.29, 0.717) is 0 Å². The van der Waals surface area contributed by atoms with Crippen molar-refractivity contribution in [1.82, 2.24) is 0 Å². The van der Waals surface area contributed by atoms with Crippen LogP contribution in [0.2, 0.25) is 12.1 Å². The summed E-state index contributed by atoms with van der Waals surface area (Å²) in [7, 11) is -0.491. The molecule has 1 saturated heterocycles. The molecule has 1 heterocycles. The molecule has 1 fully saturated rings. The van der Waals surface area contributed by atoms with Crippen LogP contribution in [0.5, 0.6) is 0 Å². The molecule has 0 bridgehead atoms. The van der Waals surface area contributed by atoms with Crippen LogP contribution in [0.4, 0.5) is 0 Å². The van der Waals surface area contributed by atoms with Gasteiger partial charge in [0.25, 0.3) is 0 Å². The van der Waals surface area contributed by atoms with Crippen molar-refractivity contribution < 1.29 is 0 Å². The van der Waals surface area contributed by atoms with Gasteiger partial charge in [-0.1, -0.05) is 69.1 Å². The first-order valence-electron chi connectivity index (χ1n) is 7.30. The number of benzene rings is 1. The Kier molecular flexibility index (Phi) is 2.78. The largest absolute Gasteiger partial charge is 0.0682 e. The van der Waals surface area contributed by atoms with Gasteiger partial charge in [0.2, 0.25) is 0 Å². The molecule has 0 aromatic heterocycles. The van der Waals surface area contributed by atoms with Gasteiger partial charge in [-0.25, -0.2) is 0 Å². The lowest BCUT2D eigenvalue weighted by molar-refractivity contribution is 0.588. The minimum atomic E-state index is -0.491. The number of hydrogen-bond acceptors (Lipinski definition) is 0. The maximum atomic E-state index is 2.49. The number of allylic oxidation sites excluding steroid dienone is 1. The van der Waals surface area contributed by atoms with E-state index in [0.717, 1.165) is 5.54 Å². The molecule has 2 aliphatic rings. The number of fused-ring (bicyclic) bond motifs is 1. The SMILES string of the molecule is CC1=Cc2c(cccc2C(C)(C)C)C1[SiH]1CCC1. The van der Waals surface area contributed by atoms with Gasteiger partial charge in [0.05, 0.1) is 8.80 Å². The van der Waals surface area contributed by atoms with Crippen LogP contribution in [0.3, 0.4) is 0 Å². The van der Waals surface area contributed by atoms with Crippen LogP contribution in [0, 0.1) is 0 Å². The van der Waals surface area contributed by atoms with E-state index in [1.165, 1.54) is 12.0 Å². The van der Waals surface area contributed by atoms with Gasteiger partial charge in [0.15, 0.2) is 0 Å². The van der Waals surface area contributed by atoms with E-state index < -0.39 is 8.80 Å². The molecule has 1 atom stereocenters. The predicted octanol–water partition coefficient (Wildman–Crippen LogP) is 4.65. The maximum absolute atomic E-state index is 2.49. The van der Waals surface area contributed by atoms with Crippen molar-refractivity contribution in [3.8, 4) is 0 Å². The molecule has 18 heavy (non-hydrogen) atoms. The zero-order valence-corrected chi connectivity index (χ0v) is 13.2. The quantitative estimate of drug-likeness (QED) is 0.641. The zero-order valence-electron chi connectivity index (χ0n) is 12.1. The summed E-state index contributed by atoms with van der Waals surface area (Å²) in [6, 6.07) is 10.1. The van der Waals surface area contributed by atoms with Crippen molar-refractivity contribution in [2.45, 2.75) is 57.2 Å². The van der Waals surface area contributed by atoms with Crippen molar-refractivity contribution in [3.63, 3.8) is 0 Å². The highest BCUT2D eigenvalue weighted by molar-refractivity contribution is 6.64. The normalized spacial score (nSPS) is 23.6. The molecule has 0 nitrogen and oxygen atoms in total. The van der Waals surface area contributed by atoms with Crippen LogP contribution in [-0.4, -0.2) is 8.80 Å². The highest BCUT2D eigenvalue weighted by atomic mass is 28.3. The minimum absolute atomic E-state index is 0.262. The predicted molar refractivity (Wildman–Crippen MR) is 82.9 cm³/mol. The van der Waals surface area contributed by atoms with E-state index in [-0.39, 0.29) is 5.41 Å². The summed E-state index contributed by atoms with van der Waals surface area (Å²) in [6.45, 7) is 9.36. The molecule has 0 spiro atoms. The molecular weight excluding hydrogens is 232 g/mol. The first-order valence-corrected chi connectivity index (χ1v) is 9.60. The molecule has 1 heteroatoms. The van der Waals surface area contributed by atoms with Crippen molar-refractivity contribution >= 4 is 14.9 Å². The highest BCUT2D eigenvalue weighted by Crippen LogP contribution is 2.46. The molecule has 1 aliphatic carbocycles. The Morgan fingerprint density at radius 1 is 1.17 bits per heavy atom. The van der Waals surface area contributed by atoms with Gasteiger partial charge < -0.3 is 0 Å². The van der Waals surface area contributed by atoms with E-state index >= 15 is 0 Å². The van der Waals surface area contributed by atoms with Crippen LogP contribution in [-0.2, 0) is 5.41 Å². The Morgan fingerprint density at radius 3 is 2.44 bits per heavy atom. The molecule has 1 unspecified atom stereocenters. The fourth-order valence-corrected chi connectivity index (χ4v) is 6.82. The molecule has 1 aliphatic heterocycles. The molecule has 0 saturated carbocycles. The smallest absolute Gasteiger partial charge is 0.0500 e.